The maximum absolute atomic E-state index is 10.5. The van der Waals surface area contributed by atoms with E-state index in [2.05, 4.69) is 0 Å². The number of aliphatic hydroxyl groups excluding tert-OH is 1. The molecule has 2 atom stereocenters. The van der Waals surface area contributed by atoms with Gasteiger partial charge in [0.15, 0.2) is 0 Å². The van der Waals surface area contributed by atoms with Gasteiger partial charge in [-0.15, -0.1) is 0 Å². The molecule has 1 aromatic carbocycles. The third kappa shape index (κ3) is 2.53. The molecule has 0 aromatic heterocycles. The molecule has 0 aliphatic rings. The molecular formula is C11H15NO3. The molecule has 15 heavy (non-hydrogen) atoms. The van der Waals surface area contributed by atoms with Crippen molar-refractivity contribution in [2.75, 3.05) is 0 Å². The van der Waals surface area contributed by atoms with Crippen LogP contribution in [0, 0.1) is 24.0 Å². The van der Waals surface area contributed by atoms with E-state index in [1.54, 1.807) is 6.07 Å². The predicted molar refractivity (Wildman–Crippen MR) is 57.3 cm³/mol. The highest BCUT2D eigenvalue weighted by Crippen LogP contribution is 2.22. The van der Waals surface area contributed by atoms with Crippen molar-refractivity contribution >= 4 is 0 Å². The molecule has 0 fully saturated rings. The fraction of sp³-hybridized carbons (Fsp3) is 0.455. The Kier molecular flexibility index (Phi) is 3.42. The molecule has 82 valence electrons. The number of nitro groups is 1. The Balaban J connectivity index is 3.01. The predicted octanol–water partition coefficient (Wildman–Crippen LogP) is 2.00. The first-order valence-electron chi connectivity index (χ1n) is 4.82. The van der Waals surface area contributed by atoms with Crippen molar-refractivity contribution in [1.82, 2.24) is 0 Å². The van der Waals surface area contributed by atoms with Crippen LogP contribution in [0.3, 0.4) is 0 Å². The lowest BCUT2D eigenvalue weighted by Crippen LogP contribution is -2.24. The Hall–Kier alpha value is -1.42. The van der Waals surface area contributed by atoms with E-state index in [0.29, 0.717) is 5.56 Å². The van der Waals surface area contributed by atoms with Crippen LogP contribution in [-0.2, 0) is 0 Å². The van der Waals surface area contributed by atoms with Gasteiger partial charge in [-0.25, -0.2) is 0 Å². The smallest absolute Gasteiger partial charge is 0.239 e. The number of rotatable bonds is 3. The minimum Gasteiger partial charge on any atom is -0.381 e. The highest BCUT2D eigenvalue weighted by atomic mass is 16.6. The van der Waals surface area contributed by atoms with Gasteiger partial charge in [0.25, 0.3) is 0 Å². The van der Waals surface area contributed by atoms with Gasteiger partial charge in [0, 0.05) is 11.8 Å². The Labute approximate surface area is 88.7 Å². The van der Waals surface area contributed by atoms with Gasteiger partial charge in [-0.2, -0.15) is 0 Å². The largest absolute Gasteiger partial charge is 0.381 e. The Morgan fingerprint density at radius 2 is 2.00 bits per heavy atom. The zero-order valence-electron chi connectivity index (χ0n) is 9.10. The summed E-state index contributed by atoms with van der Waals surface area (Å²) in [7, 11) is 0. The standard InChI is InChI=1S/C11H15NO3/c1-7-4-5-10(8(2)6-7)11(13)9(3)12(14)15/h4-6,9,11,13H,1-3H3/t9-,11-/m0/s1. The topological polar surface area (TPSA) is 63.4 Å². The highest BCUT2D eigenvalue weighted by molar-refractivity contribution is 5.32. The molecule has 1 N–H and O–H groups in total. The van der Waals surface area contributed by atoms with Crippen molar-refractivity contribution in [3.63, 3.8) is 0 Å². The Morgan fingerprint density at radius 3 is 2.47 bits per heavy atom. The summed E-state index contributed by atoms with van der Waals surface area (Å²) in [4.78, 5) is 10.1. The van der Waals surface area contributed by atoms with Crippen LogP contribution in [0.4, 0.5) is 0 Å². The van der Waals surface area contributed by atoms with Crippen molar-refractivity contribution in [2.24, 2.45) is 0 Å². The minimum atomic E-state index is -1.04. The molecule has 4 heteroatoms. The number of nitrogens with zero attached hydrogens (tertiary/aromatic N) is 1. The fourth-order valence-corrected chi connectivity index (χ4v) is 1.53. The Bertz CT molecular complexity index is 376. The van der Waals surface area contributed by atoms with Crippen LogP contribution in [0.5, 0.6) is 0 Å². The number of benzene rings is 1. The number of hydrogen-bond donors (Lipinski definition) is 1. The van der Waals surface area contributed by atoms with Crippen molar-refractivity contribution < 1.29 is 10.0 Å². The lowest BCUT2D eigenvalue weighted by molar-refractivity contribution is -0.531. The first-order valence-corrected chi connectivity index (χ1v) is 4.82. The van der Waals surface area contributed by atoms with Crippen LogP contribution in [0.25, 0.3) is 0 Å². The third-order valence-corrected chi connectivity index (χ3v) is 2.53. The van der Waals surface area contributed by atoms with E-state index in [-0.39, 0.29) is 0 Å². The molecule has 0 bridgehead atoms. The molecule has 0 spiro atoms. The van der Waals surface area contributed by atoms with Crippen LogP contribution >= 0.6 is 0 Å². The van der Waals surface area contributed by atoms with Crippen molar-refractivity contribution in [3.8, 4) is 0 Å². The normalized spacial score (nSPS) is 14.7. The lowest BCUT2D eigenvalue weighted by atomic mass is 9.97. The first kappa shape index (κ1) is 11.7. The lowest BCUT2D eigenvalue weighted by Gasteiger charge is -2.15. The molecule has 0 amide bonds. The van der Waals surface area contributed by atoms with Gasteiger partial charge in [-0.05, 0) is 25.0 Å². The van der Waals surface area contributed by atoms with Crippen LogP contribution in [0.15, 0.2) is 18.2 Å². The van der Waals surface area contributed by atoms with E-state index in [9.17, 15) is 15.2 Å². The molecule has 0 radical (unpaired) electrons. The summed E-state index contributed by atoms with van der Waals surface area (Å²) in [5, 5.41) is 20.3. The maximum Gasteiger partial charge on any atom is 0.239 e. The van der Waals surface area contributed by atoms with Crippen molar-refractivity contribution in [2.45, 2.75) is 32.9 Å². The van der Waals surface area contributed by atoms with Gasteiger partial charge in [-0.3, -0.25) is 10.1 Å². The summed E-state index contributed by atoms with van der Waals surface area (Å²) >= 11 is 0. The summed E-state index contributed by atoms with van der Waals surface area (Å²) in [6, 6.07) is 4.52. The summed E-state index contributed by atoms with van der Waals surface area (Å²) < 4.78 is 0. The van der Waals surface area contributed by atoms with Gasteiger partial charge >= 0.3 is 0 Å². The van der Waals surface area contributed by atoms with E-state index in [0.717, 1.165) is 11.1 Å². The maximum atomic E-state index is 10.5. The molecule has 0 heterocycles. The average Bonchev–Trinajstić information content (AvgIpc) is 2.15. The van der Waals surface area contributed by atoms with Crippen LogP contribution in [0.2, 0.25) is 0 Å². The van der Waals surface area contributed by atoms with Gasteiger partial charge in [0.2, 0.25) is 6.04 Å². The second-order valence-electron chi connectivity index (χ2n) is 3.83. The summed E-state index contributed by atoms with van der Waals surface area (Å²) in [6.45, 7) is 5.20. The molecule has 0 saturated heterocycles. The molecule has 0 unspecified atom stereocenters. The summed E-state index contributed by atoms with van der Waals surface area (Å²) in [5.41, 5.74) is 2.60. The monoisotopic (exact) mass is 209 g/mol. The fourth-order valence-electron chi connectivity index (χ4n) is 1.53. The average molecular weight is 209 g/mol. The van der Waals surface area contributed by atoms with Crippen LogP contribution in [-0.4, -0.2) is 16.1 Å². The molecule has 0 aliphatic carbocycles. The summed E-state index contributed by atoms with van der Waals surface area (Å²) in [5.74, 6) is 0. The number of aryl methyl sites for hydroxylation is 2. The van der Waals surface area contributed by atoms with Crippen LogP contribution in [0.1, 0.15) is 29.7 Å². The molecule has 1 aromatic rings. The second-order valence-corrected chi connectivity index (χ2v) is 3.83. The van der Waals surface area contributed by atoms with E-state index in [4.69, 9.17) is 0 Å². The second kappa shape index (κ2) is 4.40. The highest BCUT2D eigenvalue weighted by Gasteiger charge is 2.26. The zero-order valence-corrected chi connectivity index (χ0v) is 9.10. The third-order valence-electron chi connectivity index (χ3n) is 2.53. The Morgan fingerprint density at radius 1 is 1.40 bits per heavy atom. The van der Waals surface area contributed by atoms with Crippen molar-refractivity contribution in [1.29, 1.82) is 0 Å². The molecule has 0 saturated carbocycles. The van der Waals surface area contributed by atoms with Gasteiger partial charge < -0.3 is 5.11 Å². The van der Waals surface area contributed by atoms with E-state index in [1.165, 1.54) is 6.92 Å². The van der Waals surface area contributed by atoms with Crippen molar-refractivity contribution in [3.05, 3.63) is 45.0 Å². The summed E-state index contributed by atoms with van der Waals surface area (Å²) in [6.07, 6.45) is -1.04. The van der Waals surface area contributed by atoms with Crippen LogP contribution < -0.4 is 0 Å². The number of aliphatic hydroxyl groups is 1. The SMILES string of the molecule is Cc1ccc([C@@H](O)[C@H](C)[N+](=O)[O-])c(C)c1. The first-order chi connectivity index (χ1) is 6.93. The van der Waals surface area contributed by atoms with Gasteiger partial charge in [-0.1, -0.05) is 23.8 Å². The zero-order chi connectivity index (χ0) is 11.6. The van der Waals surface area contributed by atoms with E-state index >= 15 is 0 Å². The molecule has 4 nitrogen and oxygen atoms in total. The number of hydrogen-bond acceptors (Lipinski definition) is 3. The van der Waals surface area contributed by atoms with E-state index < -0.39 is 17.1 Å². The van der Waals surface area contributed by atoms with Gasteiger partial charge in [0.1, 0.15) is 6.10 Å². The molecule has 0 aliphatic heterocycles. The molecule has 1 rings (SSSR count). The van der Waals surface area contributed by atoms with E-state index in [1.807, 2.05) is 26.0 Å². The minimum absolute atomic E-state index is 0.468. The van der Waals surface area contributed by atoms with Gasteiger partial charge in [0.05, 0.1) is 0 Å². The molecular weight excluding hydrogens is 194 g/mol. The quantitative estimate of drug-likeness (QED) is 0.611.